The number of hydrogen-bond acceptors (Lipinski definition) is 2. The van der Waals surface area contributed by atoms with Crippen LogP contribution in [-0.4, -0.2) is 5.78 Å². The molecule has 5 rings (SSSR count). The van der Waals surface area contributed by atoms with Crippen LogP contribution in [0.2, 0.25) is 0 Å². The second kappa shape index (κ2) is 6.45. The molecule has 1 N–H and O–H groups in total. The SMILES string of the molecule is CC1(C)CC(=O)C2=C(C1)Nc1ccc3ccccc3c1C2c1cccc(I)c1. The smallest absolute Gasteiger partial charge is 0.162 e. The van der Waals surface area contributed by atoms with E-state index in [0.29, 0.717) is 6.42 Å². The summed E-state index contributed by atoms with van der Waals surface area (Å²) in [4.78, 5) is 13.4. The quantitative estimate of drug-likeness (QED) is 0.397. The Morgan fingerprint density at radius 2 is 1.82 bits per heavy atom. The summed E-state index contributed by atoms with van der Waals surface area (Å²) in [6.07, 6.45) is 1.51. The molecule has 3 aromatic carbocycles. The standard InChI is InChI=1S/C25H22INO/c1-25(2)13-20-24(21(28)14-25)22(16-7-5-8-17(26)12-16)23-18-9-4-3-6-15(18)10-11-19(23)27-20/h3-12,22,27H,13-14H2,1-2H3. The summed E-state index contributed by atoms with van der Waals surface area (Å²) in [6, 6.07) is 21.4. The zero-order chi connectivity index (χ0) is 19.5. The average Bonchev–Trinajstić information content (AvgIpc) is 2.65. The molecule has 0 saturated carbocycles. The highest BCUT2D eigenvalue weighted by Crippen LogP contribution is 2.50. The summed E-state index contributed by atoms with van der Waals surface area (Å²) in [6.45, 7) is 4.37. The van der Waals surface area contributed by atoms with Crippen molar-refractivity contribution in [1.29, 1.82) is 0 Å². The van der Waals surface area contributed by atoms with Crippen molar-refractivity contribution in [2.75, 3.05) is 5.32 Å². The van der Waals surface area contributed by atoms with Crippen LogP contribution in [0.1, 0.15) is 43.7 Å². The van der Waals surface area contributed by atoms with Gasteiger partial charge in [0.15, 0.2) is 5.78 Å². The molecule has 1 heterocycles. The molecule has 3 heteroatoms. The summed E-state index contributed by atoms with van der Waals surface area (Å²) >= 11 is 2.36. The zero-order valence-corrected chi connectivity index (χ0v) is 18.2. The van der Waals surface area contributed by atoms with E-state index in [0.717, 1.165) is 23.4 Å². The van der Waals surface area contributed by atoms with E-state index in [1.54, 1.807) is 0 Å². The second-order valence-electron chi connectivity index (χ2n) is 8.69. The molecule has 0 bridgehead atoms. The van der Waals surface area contributed by atoms with E-state index in [-0.39, 0.29) is 17.1 Å². The molecule has 1 atom stereocenters. The highest BCUT2D eigenvalue weighted by Gasteiger charge is 2.41. The van der Waals surface area contributed by atoms with Gasteiger partial charge in [-0.1, -0.05) is 56.3 Å². The molecule has 0 radical (unpaired) electrons. The third-order valence-electron chi connectivity index (χ3n) is 5.94. The number of hydrogen-bond donors (Lipinski definition) is 1. The Morgan fingerprint density at radius 3 is 2.64 bits per heavy atom. The average molecular weight is 479 g/mol. The van der Waals surface area contributed by atoms with Crippen molar-refractivity contribution >= 4 is 44.8 Å². The van der Waals surface area contributed by atoms with Crippen LogP contribution >= 0.6 is 22.6 Å². The first-order valence-corrected chi connectivity index (χ1v) is 10.8. The van der Waals surface area contributed by atoms with E-state index in [1.165, 1.54) is 25.5 Å². The molecule has 1 aliphatic carbocycles. The largest absolute Gasteiger partial charge is 0.358 e. The summed E-state index contributed by atoms with van der Waals surface area (Å²) in [5.41, 5.74) is 5.62. The monoisotopic (exact) mass is 479 g/mol. The summed E-state index contributed by atoms with van der Waals surface area (Å²) in [5.74, 6) is 0.261. The molecular formula is C25H22INO. The normalized spacial score (nSPS) is 20.5. The van der Waals surface area contributed by atoms with Gasteiger partial charge in [0.2, 0.25) is 0 Å². The fourth-order valence-electron chi connectivity index (χ4n) is 4.82. The number of ketones is 1. The maximum absolute atomic E-state index is 13.4. The number of halogens is 1. The fourth-order valence-corrected chi connectivity index (χ4v) is 5.39. The number of carbonyl (C=O) groups excluding carboxylic acids is 1. The van der Waals surface area contributed by atoms with E-state index < -0.39 is 0 Å². The van der Waals surface area contributed by atoms with Gasteiger partial charge in [-0.15, -0.1) is 0 Å². The molecule has 0 spiro atoms. The van der Waals surface area contributed by atoms with Gasteiger partial charge in [0.05, 0.1) is 0 Å². The maximum atomic E-state index is 13.4. The van der Waals surface area contributed by atoms with E-state index in [4.69, 9.17) is 0 Å². The van der Waals surface area contributed by atoms with Crippen molar-refractivity contribution in [2.45, 2.75) is 32.6 Å². The van der Waals surface area contributed by atoms with Crippen LogP contribution in [0.3, 0.4) is 0 Å². The van der Waals surface area contributed by atoms with Crippen molar-refractivity contribution in [3.05, 3.63) is 86.6 Å². The number of rotatable bonds is 1. The molecule has 0 fully saturated rings. The molecule has 0 saturated heterocycles. The first-order chi connectivity index (χ1) is 13.4. The Labute approximate surface area is 179 Å². The molecule has 1 unspecified atom stereocenters. The van der Waals surface area contributed by atoms with E-state index >= 15 is 0 Å². The minimum Gasteiger partial charge on any atom is -0.358 e. The van der Waals surface area contributed by atoms with Crippen LogP contribution in [-0.2, 0) is 4.79 Å². The van der Waals surface area contributed by atoms with Crippen molar-refractivity contribution in [3.8, 4) is 0 Å². The lowest BCUT2D eigenvalue weighted by molar-refractivity contribution is -0.118. The van der Waals surface area contributed by atoms with Crippen molar-refractivity contribution < 1.29 is 4.79 Å². The number of Topliss-reactive ketones (excluding diaryl/α,β-unsaturated/α-hetero) is 1. The fraction of sp³-hybridized carbons (Fsp3) is 0.240. The van der Waals surface area contributed by atoms with Gasteiger partial charge in [0, 0.05) is 32.9 Å². The lowest BCUT2D eigenvalue weighted by Crippen LogP contribution is -2.33. The Bertz CT molecular complexity index is 1160. The summed E-state index contributed by atoms with van der Waals surface area (Å²) in [7, 11) is 0. The first kappa shape index (κ1) is 17.9. The Morgan fingerprint density at radius 1 is 1.00 bits per heavy atom. The van der Waals surface area contributed by atoms with Crippen LogP contribution in [0.15, 0.2) is 71.9 Å². The number of carbonyl (C=O) groups is 1. The zero-order valence-electron chi connectivity index (χ0n) is 16.1. The van der Waals surface area contributed by atoms with Gasteiger partial charge in [-0.3, -0.25) is 4.79 Å². The van der Waals surface area contributed by atoms with Gasteiger partial charge in [-0.05, 0) is 74.5 Å². The molecular weight excluding hydrogens is 457 g/mol. The third kappa shape index (κ3) is 2.87. The van der Waals surface area contributed by atoms with E-state index in [1.807, 2.05) is 0 Å². The predicted octanol–water partition coefficient (Wildman–Crippen LogP) is 6.65. The summed E-state index contributed by atoms with van der Waals surface area (Å²) in [5, 5.41) is 6.09. The third-order valence-corrected chi connectivity index (χ3v) is 6.61. The molecule has 2 aliphatic rings. The number of benzene rings is 3. The van der Waals surface area contributed by atoms with Crippen LogP contribution in [0.5, 0.6) is 0 Å². The van der Waals surface area contributed by atoms with Gasteiger partial charge in [-0.2, -0.15) is 0 Å². The highest BCUT2D eigenvalue weighted by molar-refractivity contribution is 14.1. The van der Waals surface area contributed by atoms with Gasteiger partial charge in [0.1, 0.15) is 0 Å². The van der Waals surface area contributed by atoms with Crippen LogP contribution < -0.4 is 5.32 Å². The van der Waals surface area contributed by atoms with Gasteiger partial charge < -0.3 is 5.32 Å². The molecule has 3 aromatic rings. The number of nitrogens with one attached hydrogen (secondary N) is 1. The molecule has 2 nitrogen and oxygen atoms in total. The van der Waals surface area contributed by atoms with Crippen LogP contribution in [0, 0.1) is 8.99 Å². The first-order valence-electron chi connectivity index (χ1n) is 9.73. The maximum Gasteiger partial charge on any atom is 0.162 e. The van der Waals surface area contributed by atoms with E-state index in [9.17, 15) is 4.79 Å². The van der Waals surface area contributed by atoms with Gasteiger partial charge in [-0.25, -0.2) is 0 Å². The molecule has 1 aliphatic heterocycles. The highest BCUT2D eigenvalue weighted by atomic mass is 127. The number of anilines is 1. The van der Waals surface area contributed by atoms with Gasteiger partial charge in [0.25, 0.3) is 0 Å². The Hall–Kier alpha value is -2.14. The Kier molecular flexibility index (Phi) is 4.13. The predicted molar refractivity (Wildman–Crippen MR) is 124 cm³/mol. The topological polar surface area (TPSA) is 29.1 Å². The minimum atomic E-state index is -0.0179. The van der Waals surface area contributed by atoms with Crippen LogP contribution in [0.4, 0.5) is 5.69 Å². The molecule has 28 heavy (non-hydrogen) atoms. The Balaban J connectivity index is 1.83. The summed E-state index contributed by atoms with van der Waals surface area (Å²) < 4.78 is 1.20. The van der Waals surface area contributed by atoms with E-state index in [2.05, 4.69) is 102 Å². The molecule has 0 aromatic heterocycles. The molecule has 0 amide bonds. The van der Waals surface area contributed by atoms with Crippen molar-refractivity contribution in [1.82, 2.24) is 0 Å². The van der Waals surface area contributed by atoms with Gasteiger partial charge >= 0.3 is 0 Å². The number of fused-ring (bicyclic) bond motifs is 3. The number of allylic oxidation sites excluding steroid dienone is 2. The van der Waals surface area contributed by atoms with Crippen molar-refractivity contribution in [2.24, 2.45) is 5.41 Å². The second-order valence-corrected chi connectivity index (χ2v) is 9.94. The lowest BCUT2D eigenvalue weighted by atomic mass is 9.68. The van der Waals surface area contributed by atoms with Crippen LogP contribution in [0.25, 0.3) is 10.8 Å². The van der Waals surface area contributed by atoms with Crippen molar-refractivity contribution in [3.63, 3.8) is 0 Å². The minimum absolute atomic E-state index is 0.00701. The molecule has 140 valence electrons. The lowest BCUT2D eigenvalue weighted by Gasteiger charge is -2.40.